The van der Waals surface area contributed by atoms with Gasteiger partial charge in [0, 0.05) is 11.1 Å². The number of fused-ring (bicyclic) bond motifs is 1. The van der Waals surface area contributed by atoms with Gasteiger partial charge < -0.3 is 14.9 Å². The number of benzene rings is 2. The van der Waals surface area contributed by atoms with Gasteiger partial charge in [-0.1, -0.05) is 31.9 Å². The maximum Gasteiger partial charge on any atom is 0.409 e. The van der Waals surface area contributed by atoms with Crippen molar-refractivity contribution in [2.75, 3.05) is 0 Å². The number of nitriles is 1. The molecular weight excluding hydrogens is 442 g/mol. The highest BCUT2D eigenvalue weighted by molar-refractivity contribution is 9.24. The number of halogens is 2. The summed E-state index contributed by atoms with van der Waals surface area (Å²) >= 11 is 6.85. The number of ether oxygens (including phenoxy) is 1. The van der Waals surface area contributed by atoms with E-state index in [1.807, 2.05) is 0 Å². The number of hydrogen-bond donors (Lipinski definition) is 1. The van der Waals surface area contributed by atoms with Gasteiger partial charge >= 0.3 is 6.09 Å². The molecule has 0 aliphatic carbocycles. The quantitative estimate of drug-likeness (QED) is 0.586. The SMILES string of the molecule is N#Cc1cc(C(Br)Br)c2oc(-c3ccc(OC(N)=O)cc3)nc2c1. The summed E-state index contributed by atoms with van der Waals surface area (Å²) in [7, 11) is 0. The summed E-state index contributed by atoms with van der Waals surface area (Å²) in [6.45, 7) is 0. The van der Waals surface area contributed by atoms with E-state index in [1.54, 1.807) is 36.4 Å². The van der Waals surface area contributed by atoms with Gasteiger partial charge in [-0.15, -0.1) is 0 Å². The number of carbonyl (C=O) groups is 1. The molecule has 0 aliphatic heterocycles. The Bertz CT molecular complexity index is 959. The van der Waals surface area contributed by atoms with Crippen molar-refractivity contribution in [2.45, 2.75) is 3.74 Å². The third-order valence-electron chi connectivity index (χ3n) is 3.20. The summed E-state index contributed by atoms with van der Waals surface area (Å²) in [5, 5.41) is 9.14. The van der Waals surface area contributed by atoms with Crippen LogP contribution in [-0.4, -0.2) is 11.1 Å². The van der Waals surface area contributed by atoms with Crippen LogP contribution in [0.15, 0.2) is 40.8 Å². The summed E-state index contributed by atoms with van der Waals surface area (Å²) in [5.41, 5.74) is 8.11. The molecule has 8 heteroatoms. The zero-order valence-corrected chi connectivity index (χ0v) is 15.2. The maximum atomic E-state index is 10.7. The Hall–Kier alpha value is -2.37. The Kier molecular flexibility index (Phi) is 4.55. The molecule has 0 aliphatic rings. The Morgan fingerprint density at radius 2 is 2.00 bits per heavy atom. The van der Waals surface area contributed by atoms with Crippen LogP contribution in [0.1, 0.15) is 14.9 Å². The molecular formula is C16H9Br2N3O3. The van der Waals surface area contributed by atoms with Gasteiger partial charge in [-0.25, -0.2) is 9.78 Å². The second kappa shape index (κ2) is 6.63. The van der Waals surface area contributed by atoms with Crippen LogP contribution in [0.2, 0.25) is 0 Å². The molecule has 2 aromatic carbocycles. The number of oxazole rings is 1. The first-order valence-electron chi connectivity index (χ1n) is 6.68. The standard InChI is InChI=1S/C16H9Br2N3O3/c17-14(18)11-5-8(7-19)6-12-13(11)24-15(21-12)9-1-3-10(4-2-9)23-16(20)22/h1-6,14H,(H2,20,22). The summed E-state index contributed by atoms with van der Waals surface area (Å²) in [5.74, 6) is 0.725. The van der Waals surface area contributed by atoms with Crippen molar-refractivity contribution in [1.29, 1.82) is 5.26 Å². The molecule has 2 N–H and O–H groups in total. The van der Waals surface area contributed by atoms with Crippen LogP contribution >= 0.6 is 31.9 Å². The topological polar surface area (TPSA) is 102 Å². The van der Waals surface area contributed by atoms with Crippen LogP contribution in [0.5, 0.6) is 5.75 Å². The van der Waals surface area contributed by atoms with E-state index in [0.717, 1.165) is 5.56 Å². The third kappa shape index (κ3) is 3.27. The smallest absolute Gasteiger partial charge is 0.409 e. The average Bonchev–Trinajstić information content (AvgIpc) is 2.97. The second-order valence-corrected chi connectivity index (χ2v) is 7.85. The molecule has 3 rings (SSSR count). The van der Waals surface area contributed by atoms with Crippen molar-refractivity contribution >= 4 is 49.1 Å². The van der Waals surface area contributed by atoms with E-state index in [9.17, 15) is 4.79 Å². The molecule has 0 radical (unpaired) electrons. The Morgan fingerprint density at radius 1 is 1.29 bits per heavy atom. The van der Waals surface area contributed by atoms with Crippen LogP contribution in [0.3, 0.4) is 0 Å². The van der Waals surface area contributed by atoms with Crippen LogP contribution < -0.4 is 10.5 Å². The fourth-order valence-electron chi connectivity index (χ4n) is 2.19. The van der Waals surface area contributed by atoms with Gasteiger partial charge in [-0.05, 0) is 36.4 Å². The molecule has 0 fully saturated rings. The molecule has 120 valence electrons. The molecule has 1 amide bonds. The highest BCUT2D eigenvalue weighted by Crippen LogP contribution is 2.37. The van der Waals surface area contributed by atoms with Gasteiger partial charge in [0.25, 0.3) is 0 Å². The molecule has 0 spiro atoms. The minimum absolute atomic E-state index is 0.173. The zero-order chi connectivity index (χ0) is 17.3. The molecule has 1 heterocycles. The number of nitrogens with two attached hydrogens (primary N) is 1. The van der Waals surface area contributed by atoms with Gasteiger partial charge in [0.05, 0.1) is 15.4 Å². The predicted octanol–water partition coefficient (Wildman–Crippen LogP) is 4.61. The summed E-state index contributed by atoms with van der Waals surface area (Å²) < 4.78 is 10.5. The van der Waals surface area contributed by atoms with Gasteiger partial charge in [0.1, 0.15) is 11.3 Å². The normalized spacial score (nSPS) is 10.8. The maximum absolute atomic E-state index is 10.7. The summed E-state index contributed by atoms with van der Waals surface area (Å²) in [4.78, 5) is 15.2. The van der Waals surface area contributed by atoms with Crippen LogP contribution in [0.4, 0.5) is 4.79 Å². The summed E-state index contributed by atoms with van der Waals surface area (Å²) in [6.07, 6.45) is -0.876. The van der Waals surface area contributed by atoms with Crippen molar-refractivity contribution in [1.82, 2.24) is 4.98 Å². The number of aromatic nitrogens is 1. The lowest BCUT2D eigenvalue weighted by molar-refractivity contribution is 0.211. The number of hydrogen-bond acceptors (Lipinski definition) is 5. The van der Waals surface area contributed by atoms with E-state index in [-0.39, 0.29) is 3.74 Å². The lowest BCUT2D eigenvalue weighted by Crippen LogP contribution is -2.16. The zero-order valence-electron chi connectivity index (χ0n) is 12.0. The molecule has 0 unspecified atom stereocenters. The minimum Gasteiger partial charge on any atom is -0.436 e. The number of carbonyl (C=O) groups excluding carboxylic acids is 1. The molecule has 6 nitrogen and oxygen atoms in total. The van der Waals surface area contributed by atoms with Crippen LogP contribution in [-0.2, 0) is 0 Å². The fourth-order valence-corrected chi connectivity index (χ4v) is 2.87. The summed E-state index contributed by atoms with van der Waals surface area (Å²) in [6, 6.07) is 12.1. The van der Waals surface area contributed by atoms with Gasteiger partial charge in [-0.3, -0.25) is 0 Å². The molecule has 3 aromatic rings. The monoisotopic (exact) mass is 449 g/mol. The Morgan fingerprint density at radius 3 is 2.58 bits per heavy atom. The largest absolute Gasteiger partial charge is 0.436 e. The molecule has 0 saturated heterocycles. The fraction of sp³-hybridized carbons (Fsp3) is 0.0625. The van der Waals surface area contributed by atoms with Crippen molar-refractivity contribution in [3.05, 3.63) is 47.5 Å². The molecule has 0 saturated carbocycles. The van der Waals surface area contributed by atoms with Crippen molar-refractivity contribution in [3.63, 3.8) is 0 Å². The first-order chi connectivity index (χ1) is 11.5. The van der Waals surface area contributed by atoms with Crippen molar-refractivity contribution in [3.8, 4) is 23.3 Å². The van der Waals surface area contributed by atoms with E-state index in [2.05, 4.69) is 42.9 Å². The van der Waals surface area contributed by atoms with Gasteiger partial charge in [0.2, 0.25) is 5.89 Å². The van der Waals surface area contributed by atoms with Crippen molar-refractivity contribution < 1.29 is 13.9 Å². The minimum atomic E-state index is -0.876. The Balaban J connectivity index is 2.06. The van der Waals surface area contributed by atoms with E-state index >= 15 is 0 Å². The number of primary amides is 1. The number of nitrogens with zero attached hydrogens (tertiary/aromatic N) is 2. The third-order valence-corrected chi connectivity index (χ3v) is 4.19. The van der Waals surface area contributed by atoms with E-state index in [1.165, 1.54) is 0 Å². The van der Waals surface area contributed by atoms with E-state index in [4.69, 9.17) is 20.1 Å². The molecule has 24 heavy (non-hydrogen) atoms. The van der Waals surface area contributed by atoms with Gasteiger partial charge in [0.15, 0.2) is 5.58 Å². The van der Waals surface area contributed by atoms with Crippen LogP contribution in [0, 0.1) is 11.3 Å². The predicted molar refractivity (Wildman–Crippen MR) is 95.0 cm³/mol. The molecule has 0 bridgehead atoms. The van der Waals surface area contributed by atoms with Gasteiger partial charge in [-0.2, -0.15) is 5.26 Å². The number of alkyl halides is 2. The Labute approximate surface area is 153 Å². The van der Waals surface area contributed by atoms with Crippen molar-refractivity contribution in [2.24, 2.45) is 5.73 Å². The first kappa shape index (κ1) is 16.5. The second-order valence-electron chi connectivity index (χ2n) is 4.79. The first-order valence-corrected chi connectivity index (χ1v) is 8.51. The molecule has 0 atom stereocenters. The lowest BCUT2D eigenvalue weighted by Gasteiger charge is -2.02. The number of amides is 1. The lowest BCUT2D eigenvalue weighted by atomic mass is 10.1. The van der Waals surface area contributed by atoms with E-state index < -0.39 is 6.09 Å². The van der Waals surface area contributed by atoms with E-state index in [0.29, 0.717) is 33.9 Å². The average molecular weight is 451 g/mol. The number of rotatable bonds is 3. The highest BCUT2D eigenvalue weighted by Gasteiger charge is 2.17. The van der Waals surface area contributed by atoms with Crippen LogP contribution in [0.25, 0.3) is 22.6 Å². The molecule has 1 aromatic heterocycles. The highest BCUT2D eigenvalue weighted by atomic mass is 79.9.